The normalized spacial score (nSPS) is 23.2. The van der Waals surface area contributed by atoms with Crippen LogP contribution in [0.5, 0.6) is 0 Å². The van der Waals surface area contributed by atoms with Crippen LogP contribution in [0.2, 0.25) is 0 Å². The number of aromatic nitrogens is 1. The molecule has 2 rings (SSSR count). The molecule has 1 amide bonds. The second-order valence-corrected chi connectivity index (χ2v) is 4.69. The molecule has 2 heterocycles. The molecule has 18 heavy (non-hydrogen) atoms. The van der Waals surface area contributed by atoms with E-state index in [1.54, 1.807) is 30.4 Å². The summed E-state index contributed by atoms with van der Waals surface area (Å²) in [5, 5.41) is 12.4. The molecule has 0 saturated carbocycles. The fourth-order valence-electron chi connectivity index (χ4n) is 2.48. The predicted octanol–water partition coefficient (Wildman–Crippen LogP) is 0.966. The van der Waals surface area contributed by atoms with Gasteiger partial charge in [-0.3, -0.25) is 9.78 Å². The lowest BCUT2D eigenvalue weighted by atomic mass is 10.0. The Morgan fingerprint density at radius 3 is 3.11 bits per heavy atom. The van der Waals surface area contributed by atoms with E-state index in [0.717, 1.165) is 12.1 Å². The Balaban J connectivity index is 2.26. The van der Waals surface area contributed by atoms with E-state index < -0.39 is 0 Å². The molecule has 0 spiro atoms. The average molecular weight is 249 g/mol. The maximum Gasteiger partial charge on any atom is 0.257 e. The van der Waals surface area contributed by atoms with Gasteiger partial charge in [0, 0.05) is 31.7 Å². The molecule has 98 valence electrons. The van der Waals surface area contributed by atoms with Crippen molar-refractivity contribution < 1.29 is 9.90 Å². The van der Waals surface area contributed by atoms with Crippen molar-refractivity contribution in [2.45, 2.75) is 19.4 Å². The van der Waals surface area contributed by atoms with E-state index in [2.05, 4.69) is 17.2 Å². The van der Waals surface area contributed by atoms with E-state index >= 15 is 0 Å². The van der Waals surface area contributed by atoms with E-state index in [9.17, 15) is 9.90 Å². The van der Waals surface area contributed by atoms with Crippen molar-refractivity contribution in [2.75, 3.05) is 25.5 Å². The zero-order valence-corrected chi connectivity index (χ0v) is 10.8. The maximum absolute atomic E-state index is 12.5. The first-order valence-corrected chi connectivity index (χ1v) is 6.22. The van der Waals surface area contributed by atoms with Crippen LogP contribution in [0.4, 0.5) is 5.69 Å². The van der Waals surface area contributed by atoms with Gasteiger partial charge in [0.15, 0.2) is 0 Å². The average Bonchev–Trinajstić information content (AvgIpc) is 2.78. The van der Waals surface area contributed by atoms with E-state index in [-0.39, 0.29) is 18.6 Å². The summed E-state index contributed by atoms with van der Waals surface area (Å²) in [5.41, 5.74) is 1.33. The highest BCUT2D eigenvalue weighted by Crippen LogP contribution is 2.26. The Bertz CT molecular complexity index is 436. The number of rotatable bonds is 3. The number of nitrogens with zero attached hydrogens (tertiary/aromatic N) is 2. The quantitative estimate of drug-likeness (QED) is 0.837. The Labute approximate surface area is 107 Å². The largest absolute Gasteiger partial charge is 0.394 e. The van der Waals surface area contributed by atoms with Gasteiger partial charge in [-0.05, 0) is 18.4 Å². The van der Waals surface area contributed by atoms with Crippen molar-refractivity contribution in [3.63, 3.8) is 0 Å². The van der Waals surface area contributed by atoms with Crippen LogP contribution < -0.4 is 5.32 Å². The third-order valence-electron chi connectivity index (χ3n) is 3.65. The fraction of sp³-hybridized carbons (Fsp3) is 0.538. The van der Waals surface area contributed by atoms with E-state index in [1.165, 1.54) is 0 Å². The van der Waals surface area contributed by atoms with Crippen LogP contribution in [0, 0.1) is 5.92 Å². The summed E-state index contributed by atoms with van der Waals surface area (Å²) >= 11 is 0. The van der Waals surface area contributed by atoms with E-state index in [1.807, 2.05) is 0 Å². The van der Waals surface area contributed by atoms with Crippen LogP contribution in [0.15, 0.2) is 18.5 Å². The van der Waals surface area contributed by atoms with E-state index in [0.29, 0.717) is 18.0 Å². The van der Waals surface area contributed by atoms with Crippen LogP contribution in [-0.2, 0) is 0 Å². The summed E-state index contributed by atoms with van der Waals surface area (Å²) < 4.78 is 0. The number of nitrogens with one attached hydrogen (secondary N) is 1. The van der Waals surface area contributed by atoms with Crippen LogP contribution in [-0.4, -0.2) is 47.1 Å². The summed E-state index contributed by atoms with van der Waals surface area (Å²) in [6.07, 6.45) is 4.16. The number of anilines is 1. The van der Waals surface area contributed by atoms with Crippen LogP contribution in [0.3, 0.4) is 0 Å². The number of carbonyl (C=O) groups is 1. The number of aliphatic hydroxyl groups excluding tert-OH is 1. The zero-order chi connectivity index (χ0) is 13.1. The van der Waals surface area contributed by atoms with Gasteiger partial charge in [0.25, 0.3) is 5.91 Å². The first kappa shape index (κ1) is 12.8. The summed E-state index contributed by atoms with van der Waals surface area (Å²) in [6.45, 7) is 2.78. The summed E-state index contributed by atoms with van der Waals surface area (Å²) in [7, 11) is 1.78. The van der Waals surface area contributed by atoms with Crippen molar-refractivity contribution in [3.8, 4) is 0 Å². The standard InChI is InChI=1S/C13H19N3O2/c1-9-4-6-16(12(9)8-17)13(18)10-7-15-5-3-11(10)14-2/h3,5,7,9,12,17H,4,6,8H2,1-2H3,(H,14,15). The van der Waals surface area contributed by atoms with Gasteiger partial charge in [0.05, 0.1) is 18.2 Å². The molecule has 5 nitrogen and oxygen atoms in total. The number of amides is 1. The second kappa shape index (κ2) is 5.35. The summed E-state index contributed by atoms with van der Waals surface area (Å²) in [4.78, 5) is 18.2. The molecule has 2 atom stereocenters. The molecule has 1 fully saturated rings. The minimum Gasteiger partial charge on any atom is -0.394 e. The lowest BCUT2D eigenvalue weighted by molar-refractivity contribution is 0.0648. The zero-order valence-electron chi connectivity index (χ0n) is 10.8. The molecule has 0 bridgehead atoms. The molecule has 0 aliphatic carbocycles. The predicted molar refractivity (Wildman–Crippen MR) is 69.5 cm³/mol. The van der Waals surface area contributed by atoms with Gasteiger partial charge in [-0.25, -0.2) is 0 Å². The van der Waals surface area contributed by atoms with Gasteiger partial charge in [-0.15, -0.1) is 0 Å². The van der Waals surface area contributed by atoms with Crippen molar-refractivity contribution >= 4 is 11.6 Å². The molecule has 0 aromatic carbocycles. The minimum absolute atomic E-state index is 0.0159. The van der Waals surface area contributed by atoms with Gasteiger partial charge in [-0.2, -0.15) is 0 Å². The molecule has 1 aromatic heterocycles. The summed E-state index contributed by atoms with van der Waals surface area (Å²) in [6, 6.07) is 1.70. The SMILES string of the molecule is CNc1ccncc1C(=O)N1CCC(C)C1CO. The van der Waals surface area contributed by atoms with Crippen LogP contribution >= 0.6 is 0 Å². The molecular formula is C13H19N3O2. The number of aliphatic hydroxyl groups is 1. The Morgan fingerprint density at radius 1 is 1.67 bits per heavy atom. The Hall–Kier alpha value is -1.62. The number of pyridine rings is 1. The second-order valence-electron chi connectivity index (χ2n) is 4.69. The third-order valence-corrected chi connectivity index (χ3v) is 3.65. The number of likely N-dealkylation sites (tertiary alicyclic amines) is 1. The maximum atomic E-state index is 12.5. The van der Waals surface area contributed by atoms with Crippen LogP contribution in [0.25, 0.3) is 0 Å². The molecule has 1 saturated heterocycles. The molecule has 2 N–H and O–H groups in total. The lowest BCUT2D eigenvalue weighted by Crippen LogP contribution is -2.40. The minimum atomic E-state index is -0.0811. The first-order valence-electron chi connectivity index (χ1n) is 6.22. The number of hydrogen-bond acceptors (Lipinski definition) is 4. The molecular weight excluding hydrogens is 230 g/mol. The molecule has 5 heteroatoms. The molecule has 1 aliphatic rings. The lowest BCUT2D eigenvalue weighted by Gasteiger charge is -2.25. The van der Waals surface area contributed by atoms with Crippen LogP contribution in [0.1, 0.15) is 23.7 Å². The molecule has 1 aromatic rings. The Morgan fingerprint density at radius 2 is 2.44 bits per heavy atom. The van der Waals surface area contributed by atoms with Gasteiger partial charge >= 0.3 is 0 Å². The highest BCUT2D eigenvalue weighted by atomic mass is 16.3. The molecule has 0 radical (unpaired) electrons. The first-order chi connectivity index (χ1) is 8.69. The molecule has 1 aliphatic heterocycles. The van der Waals surface area contributed by atoms with Gasteiger partial charge in [0.1, 0.15) is 0 Å². The third kappa shape index (κ3) is 2.18. The van der Waals surface area contributed by atoms with Gasteiger partial charge < -0.3 is 15.3 Å². The van der Waals surface area contributed by atoms with Gasteiger partial charge in [-0.1, -0.05) is 6.92 Å². The topological polar surface area (TPSA) is 65.5 Å². The number of carbonyl (C=O) groups excluding carboxylic acids is 1. The Kier molecular flexibility index (Phi) is 3.81. The smallest absolute Gasteiger partial charge is 0.257 e. The van der Waals surface area contributed by atoms with Gasteiger partial charge in [0.2, 0.25) is 0 Å². The highest BCUT2D eigenvalue weighted by Gasteiger charge is 2.34. The number of hydrogen-bond donors (Lipinski definition) is 2. The highest BCUT2D eigenvalue weighted by molar-refractivity contribution is 5.99. The van der Waals surface area contributed by atoms with Crippen molar-refractivity contribution in [1.82, 2.24) is 9.88 Å². The van der Waals surface area contributed by atoms with Crippen molar-refractivity contribution in [1.29, 1.82) is 0 Å². The van der Waals surface area contributed by atoms with Crippen molar-refractivity contribution in [2.24, 2.45) is 5.92 Å². The summed E-state index contributed by atoms with van der Waals surface area (Å²) in [5.74, 6) is 0.282. The monoisotopic (exact) mass is 249 g/mol. The van der Waals surface area contributed by atoms with Crippen molar-refractivity contribution in [3.05, 3.63) is 24.0 Å². The fourth-order valence-corrected chi connectivity index (χ4v) is 2.48. The molecule has 2 unspecified atom stereocenters. The van der Waals surface area contributed by atoms with E-state index in [4.69, 9.17) is 0 Å².